The van der Waals surface area contributed by atoms with Gasteiger partial charge in [-0.25, -0.2) is 0 Å². The summed E-state index contributed by atoms with van der Waals surface area (Å²) in [7, 11) is 0. The zero-order valence-corrected chi connectivity index (χ0v) is 17.4. The van der Waals surface area contributed by atoms with Crippen LogP contribution < -0.4 is 5.32 Å². The molecule has 27 heavy (non-hydrogen) atoms. The van der Waals surface area contributed by atoms with Gasteiger partial charge >= 0.3 is 0 Å². The number of nitrogens with one attached hydrogen (secondary N) is 1. The summed E-state index contributed by atoms with van der Waals surface area (Å²) in [4.78, 5) is 12.5. The molecule has 2 aromatic carbocycles. The zero-order valence-electron chi connectivity index (χ0n) is 15.8. The maximum absolute atomic E-state index is 12.5. The van der Waals surface area contributed by atoms with Crippen LogP contribution in [0.25, 0.3) is 0 Å². The first-order chi connectivity index (χ1) is 13.2. The van der Waals surface area contributed by atoms with E-state index in [2.05, 4.69) is 24.4 Å². The Hall–Kier alpha value is -1.43. The van der Waals surface area contributed by atoms with E-state index >= 15 is 0 Å². The van der Waals surface area contributed by atoms with Gasteiger partial charge in [0.05, 0.1) is 0 Å². The molecule has 5 heteroatoms. The Morgan fingerprint density at radius 1 is 1.07 bits per heavy atom. The van der Waals surface area contributed by atoms with Crippen molar-refractivity contribution in [1.82, 2.24) is 0 Å². The lowest BCUT2D eigenvalue weighted by molar-refractivity contribution is 0.1000. The Kier molecular flexibility index (Phi) is 8.11. The predicted molar refractivity (Wildman–Crippen MR) is 118 cm³/mol. The molecule has 144 valence electrons. The fourth-order valence-electron chi connectivity index (χ4n) is 2.97. The smallest absolute Gasteiger partial charge is 0.255 e. The lowest BCUT2D eigenvalue weighted by Crippen LogP contribution is -2.17. The summed E-state index contributed by atoms with van der Waals surface area (Å²) >= 11 is 3.87. The summed E-state index contributed by atoms with van der Waals surface area (Å²) in [5, 5.41) is 3.71. The van der Waals surface area contributed by atoms with E-state index in [1.54, 1.807) is 0 Å². The molecule has 0 unspecified atom stereocenters. The van der Waals surface area contributed by atoms with Crippen molar-refractivity contribution >= 4 is 35.1 Å². The Balaban J connectivity index is 1.54. The maximum Gasteiger partial charge on any atom is 0.255 e. The molecule has 1 heterocycles. The van der Waals surface area contributed by atoms with Gasteiger partial charge in [-0.05, 0) is 54.0 Å². The van der Waals surface area contributed by atoms with Crippen LogP contribution >= 0.6 is 23.5 Å². The van der Waals surface area contributed by atoms with Crippen LogP contribution in [0.4, 0.5) is 5.69 Å². The molecule has 1 aliphatic rings. The highest BCUT2D eigenvalue weighted by Crippen LogP contribution is 2.26. The number of carbonyl (C=O) groups is 1. The van der Waals surface area contributed by atoms with Gasteiger partial charge in [0.2, 0.25) is 0 Å². The minimum Gasteiger partial charge on any atom is -0.381 e. The molecule has 0 radical (unpaired) electrons. The van der Waals surface area contributed by atoms with E-state index < -0.39 is 0 Å². The summed E-state index contributed by atoms with van der Waals surface area (Å²) in [5.74, 6) is 3.01. The van der Waals surface area contributed by atoms with Crippen molar-refractivity contribution in [3.8, 4) is 0 Å². The van der Waals surface area contributed by atoms with E-state index in [1.165, 1.54) is 11.1 Å². The van der Waals surface area contributed by atoms with Crippen molar-refractivity contribution in [2.45, 2.75) is 36.5 Å². The van der Waals surface area contributed by atoms with Gasteiger partial charge in [-0.2, -0.15) is 23.5 Å². The second-order valence-corrected chi connectivity index (χ2v) is 9.17. The molecule has 0 bridgehead atoms. The normalized spacial score (nSPS) is 14.9. The van der Waals surface area contributed by atoms with Crippen LogP contribution in [-0.2, 0) is 16.2 Å². The third kappa shape index (κ3) is 6.59. The maximum atomic E-state index is 12.5. The van der Waals surface area contributed by atoms with Crippen LogP contribution in [0.5, 0.6) is 0 Å². The Bertz CT molecular complexity index is 727. The molecular weight excluding hydrogens is 374 g/mol. The minimum absolute atomic E-state index is 0.0565. The lowest BCUT2D eigenvalue weighted by Gasteiger charge is -2.21. The second kappa shape index (κ2) is 10.8. The molecule has 0 spiro atoms. The van der Waals surface area contributed by atoms with E-state index in [-0.39, 0.29) is 5.91 Å². The van der Waals surface area contributed by atoms with E-state index in [4.69, 9.17) is 4.74 Å². The Morgan fingerprint density at radius 3 is 2.59 bits per heavy atom. The van der Waals surface area contributed by atoms with Crippen molar-refractivity contribution in [3.63, 3.8) is 0 Å². The van der Waals surface area contributed by atoms with Gasteiger partial charge < -0.3 is 10.1 Å². The van der Waals surface area contributed by atoms with Gasteiger partial charge in [-0.3, -0.25) is 4.79 Å². The number of benzene rings is 2. The highest BCUT2D eigenvalue weighted by atomic mass is 32.2. The predicted octanol–water partition coefficient (Wildman–Crippen LogP) is 5.60. The topological polar surface area (TPSA) is 38.3 Å². The van der Waals surface area contributed by atoms with Crippen LogP contribution in [0.1, 0.15) is 41.3 Å². The van der Waals surface area contributed by atoms with Crippen LogP contribution in [0.3, 0.4) is 0 Å². The second-order valence-electron chi connectivity index (χ2n) is 6.61. The number of hydrogen-bond acceptors (Lipinski definition) is 4. The molecule has 0 atom stereocenters. The van der Waals surface area contributed by atoms with Crippen LogP contribution in [0.2, 0.25) is 0 Å². The average Bonchev–Trinajstić information content (AvgIpc) is 2.72. The quantitative estimate of drug-likeness (QED) is 0.624. The van der Waals surface area contributed by atoms with Gasteiger partial charge in [0.1, 0.15) is 0 Å². The molecule has 1 fully saturated rings. The first kappa shape index (κ1) is 20.3. The molecule has 3 rings (SSSR count). The van der Waals surface area contributed by atoms with E-state index in [9.17, 15) is 4.79 Å². The SMILES string of the molecule is CCSCc1ccc(C(=O)Nc2cccc(CSC3CCOCC3)c2)cc1. The first-order valence-electron chi connectivity index (χ1n) is 9.51. The third-order valence-corrected chi connectivity index (χ3v) is 6.92. The molecule has 1 aliphatic heterocycles. The van der Waals surface area contributed by atoms with Crippen LogP contribution in [0.15, 0.2) is 48.5 Å². The van der Waals surface area contributed by atoms with E-state index in [0.717, 1.165) is 49.0 Å². The van der Waals surface area contributed by atoms with Crippen molar-refractivity contribution in [2.24, 2.45) is 0 Å². The third-order valence-electron chi connectivity index (χ3n) is 4.53. The average molecular weight is 402 g/mol. The summed E-state index contributed by atoms with van der Waals surface area (Å²) in [6.45, 7) is 3.91. The van der Waals surface area contributed by atoms with Crippen LogP contribution in [0, 0.1) is 0 Å². The van der Waals surface area contributed by atoms with Gasteiger partial charge in [-0.1, -0.05) is 31.2 Å². The van der Waals surface area contributed by atoms with Crippen molar-refractivity contribution in [3.05, 3.63) is 65.2 Å². The highest BCUT2D eigenvalue weighted by molar-refractivity contribution is 7.99. The highest BCUT2D eigenvalue weighted by Gasteiger charge is 2.14. The molecule has 2 aromatic rings. The van der Waals surface area contributed by atoms with Crippen LogP contribution in [-0.4, -0.2) is 30.1 Å². The number of thioether (sulfide) groups is 2. The molecule has 0 aliphatic carbocycles. The Morgan fingerprint density at radius 2 is 1.85 bits per heavy atom. The fraction of sp³-hybridized carbons (Fsp3) is 0.409. The summed E-state index contributed by atoms with van der Waals surface area (Å²) < 4.78 is 5.42. The van der Waals surface area contributed by atoms with E-state index in [1.807, 2.05) is 59.9 Å². The number of rotatable bonds is 8. The zero-order chi connectivity index (χ0) is 18.9. The lowest BCUT2D eigenvalue weighted by atomic mass is 10.1. The molecule has 1 amide bonds. The summed E-state index contributed by atoms with van der Waals surface area (Å²) in [5.41, 5.74) is 4.06. The summed E-state index contributed by atoms with van der Waals surface area (Å²) in [6, 6.07) is 16.1. The summed E-state index contributed by atoms with van der Waals surface area (Å²) in [6.07, 6.45) is 2.27. The first-order valence-corrected chi connectivity index (χ1v) is 11.7. The molecule has 0 aromatic heterocycles. The molecule has 0 saturated carbocycles. The Labute approximate surface area is 170 Å². The monoisotopic (exact) mass is 401 g/mol. The molecule has 1 saturated heterocycles. The number of carbonyl (C=O) groups excluding carboxylic acids is 1. The van der Waals surface area contributed by atoms with Crippen molar-refractivity contribution in [2.75, 3.05) is 24.3 Å². The standard InChI is InChI=1S/C22H27NO2S2/c1-2-26-15-17-6-8-19(9-7-17)22(24)23-20-5-3-4-18(14-20)16-27-21-10-12-25-13-11-21/h3-9,14,21H,2,10-13,15-16H2,1H3,(H,23,24). The number of amides is 1. The molecule has 1 N–H and O–H groups in total. The number of ether oxygens (including phenoxy) is 1. The van der Waals surface area contributed by atoms with Gasteiger partial charge in [0.25, 0.3) is 5.91 Å². The van der Waals surface area contributed by atoms with Crippen molar-refractivity contribution in [1.29, 1.82) is 0 Å². The minimum atomic E-state index is -0.0565. The van der Waals surface area contributed by atoms with E-state index in [0.29, 0.717) is 10.8 Å². The number of anilines is 1. The molecule has 3 nitrogen and oxygen atoms in total. The van der Waals surface area contributed by atoms with Gasteiger partial charge in [-0.15, -0.1) is 0 Å². The van der Waals surface area contributed by atoms with Crippen molar-refractivity contribution < 1.29 is 9.53 Å². The molecular formula is C22H27NO2S2. The number of hydrogen-bond donors (Lipinski definition) is 1. The largest absolute Gasteiger partial charge is 0.381 e. The van der Waals surface area contributed by atoms with Gasteiger partial charge in [0.15, 0.2) is 0 Å². The van der Waals surface area contributed by atoms with Gasteiger partial charge in [0, 0.05) is 41.2 Å². The fourth-order valence-corrected chi connectivity index (χ4v) is 4.74.